The molecule has 0 unspecified atom stereocenters. The molecule has 0 aliphatic heterocycles. The summed E-state index contributed by atoms with van der Waals surface area (Å²) >= 11 is 0. The van der Waals surface area contributed by atoms with Crippen molar-refractivity contribution in [1.82, 2.24) is 0 Å². The van der Waals surface area contributed by atoms with Crippen LogP contribution in [0.3, 0.4) is 0 Å². The molecule has 0 atom stereocenters. The zero-order valence-electron chi connectivity index (χ0n) is 7.50. The standard InChI is InChI=1S/C9H13N3O/c1-6-2-3-7(4-8(6)10)12-5-9(11)13/h2-4,12H,5,10H2,1H3,(H2,11,13). The lowest BCUT2D eigenvalue weighted by Gasteiger charge is -2.06. The van der Waals surface area contributed by atoms with Crippen molar-refractivity contribution in [3.63, 3.8) is 0 Å². The Labute approximate surface area is 76.9 Å². The molecule has 0 saturated heterocycles. The number of carbonyl (C=O) groups excluding carboxylic acids is 1. The fourth-order valence-electron chi connectivity index (χ4n) is 0.940. The third kappa shape index (κ3) is 2.66. The van der Waals surface area contributed by atoms with Gasteiger partial charge in [0.25, 0.3) is 0 Å². The van der Waals surface area contributed by atoms with Crippen LogP contribution in [0.4, 0.5) is 11.4 Å². The van der Waals surface area contributed by atoms with Gasteiger partial charge in [0.1, 0.15) is 0 Å². The van der Waals surface area contributed by atoms with Crippen molar-refractivity contribution in [2.24, 2.45) is 5.73 Å². The number of nitrogen functional groups attached to an aromatic ring is 1. The number of carbonyl (C=O) groups is 1. The molecule has 0 radical (unpaired) electrons. The summed E-state index contributed by atoms with van der Waals surface area (Å²) in [6.45, 7) is 2.05. The van der Waals surface area contributed by atoms with Crippen molar-refractivity contribution in [3.8, 4) is 0 Å². The maximum absolute atomic E-state index is 10.5. The number of benzene rings is 1. The summed E-state index contributed by atoms with van der Waals surface area (Å²) < 4.78 is 0. The van der Waals surface area contributed by atoms with Crippen LogP contribution in [0.25, 0.3) is 0 Å². The molecule has 1 aromatic rings. The molecular formula is C9H13N3O. The summed E-state index contributed by atoms with van der Waals surface area (Å²) in [6, 6.07) is 5.52. The molecule has 70 valence electrons. The highest BCUT2D eigenvalue weighted by Crippen LogP contribution is 2.16. The van der Waals surface area contributed by atoms with Gasteiger partial charge in [0, 0.05) is 11.4 Å². The van der Waals surface area contributed by atoms with Crippen LogP contribution in [0.2, 0.25) is 0 Å². The lowest BCUT2D eigenvalue weighted by Crippen LogP contribution is -2.21. The highest BCUT2D eigenvalue weighted by atomic mass is 16.1. The molecule has 0 heterocycles. The Balaban J connectivity index is 2.68. The number of amides is 1. The van der Waals surface area contributed by atoms with E-state index in [2.05, 4.69) is 5.32 Å². The monoisotopic (exact) mass is 179 g/mol. The van der Waals surface area contributed by atoms with E-state index in [1.54, 1.807) is 6.07 Å². The summed E-state index contributed by atoms with van der Waals surface area (Å²) in [5.74, 6) is -0.390. The predicted molar refractivity (Wildman–Crippen MR) is 53.3 cm³/mol. The summed E-state index contributed by atoms with van der Waals surface area (Å²) in [5.41, 5.74) is 13.2. The summed E-state index contributed by atoms with van der Waals surface area (Å²) in [7, 11) is 0. The van der Waals surface area contributed by atoms with Gasteiger partial charge in [-0.1, -0.05) is 6.07 Å². The number of rotatable bonds is 3. The van der Waals surface area contributed by atoms with Crippen LogP contribution in [-0.2, 0) is 4.79 Å². The first-order valence-electron chi connectivity index (χ1n) is 3.98. The van der Waals surface area contributed by atoms with Gasteiger partial charge in [-0.15, -0.1) is 0 Å². The van der Waals surface area contributed by atoms with Crippen molar-refractivity contribution in [2.45, 2.75) is 6.92 Å². The van der Waals surface area contributed by atoms with Crippen LogP contribution in [0, 0.1) is 6.92 Å². The van der Waals surface area contributed by atoms with Gasteiger partial charge in [-0.25, -0.2) is 0 Å². The van der Waals surface area contributed by atoms with Crippen LogP contribution in [0.15, 0.2) is 18.2 Å². The van der Waals surface area contributed by atoms with E-state index in [1.165, 1.54) is 0 Å². The second kappa shape index (κ2) is 3.80. The quantitative estimate of drug-likeness (QED) is 0.590. The molecule has 1 aromatic carbocycles. The maximum Gasteiger partial charge on any atom is 0.236 e. The molecule has 5 N–H and O–H groups in total. The molecular weight excluding hydrogens is 166 g/mol. The predicted octanol–water partition coefficient (Wildman–Crippen LogP) is 0.474. The minimum Gasteiger partial charge on any atom is -0.398 e. The summed E-state index contributed by atoms with van der Waals surface area (Å²) in [6.07, 6.45) is 0. The zero-order chi connectivity index (χ0) is 9.84. The number of primary amides is 1. The number of nitrogens with two attached hydrogens (primary N) is 2. The normalized spacial score (nSPS) is 9.62. The van der Waals surface area contributed by atoms with Crippen LogP contribution in [0.1, 0.15) is 5.56 Å². The van der Waals surface area contributed by atoms with E-state index in [-0.39, 0.29) is 12.5 Å². The number of aryl methyl sites for hydroxylation is 1. The van der Waals surface area contributed by atoms with Crippen LogP contribution in [0.5, 0.6) is 0 Å². The number of anilines is 2. The number of nitrogens with one attached hydrogen (secondary N) is 1. The van der Waals surface area contributed by atoms with Gasteiger partial charge >= 0.3 is 0 Å². The van der Waals surface area contributed by atoms with E-state index in [1.807, 2.05) is 19.1 Å². The van der Waals surface area contributed by atoms with Crippen molar-refractivity contribution in [2.75, 3.05) is 17.6 Å². The molecule has 0 spiro atoms. The molecule has 0 aliphatic carbocycles. The fourth-order valence-corrected chi connectivity index (χ4v) is 0.940. The van der Waals surface area contributed by atoms with E-state index in [0.717, 1.165) is 11.3 Å². The fraction of sp³-hybridized carbons (Fsp3) is 0.222. The lowest BCUT2D eigenvalue weighted by molar-refractivity contribution is -0.116. The van der Waals surface area contributed by atoms with Gasteiger partial charge < -0.3 is 16.8 Å². The lowest BCUT2D eigenvalue weighted by atomic mass is 10.2. The number of hydrogen-bond acceptors (Lipinski definition) is 3. The van der Waals surface area contributed by atoms with E-state index < -0.39 is 0 Å². The van der Waals surface area contributed by atoms with E-state index >= 15 is 0 Å². The Hall–Kier alpha value is -1.71. The molecule has 0 bridgehead atoms. The first-order chi connectivity index (χ1) is 6.09. The minimum absolute atomic E-state index is 0.127. The summed E-state index contributed by atoms with van der Waals surface area (Å²) in [4.78, 5) is 10.5. The first kappa shape index (κ1) is 9.38. The largest absolute Gasteiger partial charge is 0.398 e. The van der Waals surface area contributed by atoms with E-state index in [0.29, 0.717) is 5.69 Å². The van der Waals surface area contributed by atoms with Gasteiger partial charge in [-0.05, 0) is 24.6 Å². The van der Waals surface area contributed by atoms with Gasteiger partial charge in [-0.3, -0.25) is 4.79 Å². The molecule has 1 rings (SSSR count). The molecule has 1 amide bonds. The molecule has 4 heteroatoms. The number of hydrogen-bond donors (Lipinski definition) is 3. The molecule has 0 aliphatic rings. The van der Waals surface area contributed by atoms with Crippen molar-refractivity contribution >= 4 is 17.3 Å². The Kier molecular flexibility index (Phi) is 2.74. The van der Waals surface area contributed by atoms with Gasteiger partial charge in [0.2, 0.25) is 5.91 Å². The highest BCUT2D eigenvalue weighted by molar-refractivity contribution is 5.79. The third-order valence-electron chi connectivity index (χ3n) is 1.75. The molecule has 0 saturated carbocycles. The zero-order valence-corrected chi connectivity index (χ0v) is 7.50. The Morgan fingerprint density at radius 3 is 2.77 bits per heavy atom. The minimum atomic E-state index is -0.390. The Morgan fingerprint density at radius 2 is 2.23 bits per heavy atom. The average Bonchev–Trinajstić information content (AvgIpc) is 2.07. The van der Waals surface area contributed by atoms with Crippen LogP contribution in [-0.4, -0.2) is 12.5 Å². The average molecular weight is 179 g/mol. The van der Waals surface area contributed by atoms with Crippen LogP contribution < -0.4 is 16.8 Å². The third-order valence-corrected chi connectivity index (χ3v) is 1.75. The SMILES string of the molecule is Cc1ccc(NCC(N)=O)cc1N. The molecule has 4 nitrogen and oxygen atoms in total. The van der Waals surface area contributed by atoms with Crippen LogP contribution >= 0.6 is 0 Å². The topological polar surface area (TPSA) is 81.1 Å². The Bertz CT molecular complexity index is 323. The Morgan fingerprint density at radius 1 is 1.54 bits per heavy atom. The van der Waals surface area contributed by atoms with E-state index in [9.17, 15) is 4.79 Å². The van der Waals surface area contributed by atoms with Crippen molar-refractivity contribution in [1.29, 1.82) is 0 Å². The second-order valence-electron chi connectivity index (χ2n) is 2.89. The van der Waals surface area contributed by atoms with E-state index in [4.69, 9.17) is 11.5 Å². The molecule has 0 aromatic heterocycles. The van der Waals surface area contributed by atoms with Crippen molar-refractivity contribution < 1.29 is 4.79 Å². The second-order valence-corrected chi connectivity index (χ2v) is 2.89. The van der Waals surface area contributed by atoms with Gasteiger partial charge in [0.05, 0.1) is 6.54 Å². The first-order valence-corrected chi connectivity index (χ1v) is 3.98. The highest BCUT2D eigenvalue weighted by Gasteiger charge is 1.97. The van der Waals surface area contributed by atoms with Gasteiger partial charge in [-0.2, -0.15) is 0 Å². The molecule has 13 heavy (non-hydrogen) atoms. The van der Waals surface area contributed by atoms with Crippen molar-refractivity contribution in [3.05, 3.63) is 23.8 Å². The maximum atomic E-state index is 10.5. The molecule has 0 fully saturated rings. The summed E-state index contributed by atoms with van der Waals surface area (Å²) in [5, 5.41) is 2.86. The smallest absolute Gasteiger partial charge is 0.236 e. The van der Waals surface area contributed by atoms with Gasteiger partial charge in [0.15, 0.2) is 0 Å².